The van der Waals surface area contributed by atoms with Gasteiger partial charge < -0.3 is 0 Å². The lowest BCUT2D eigenvalue weighted by Gasteiger charge is -2.02. The van der Waals surface area contributed by atoms with Crippen LogP contribution < -0.4 is 0 Å². The van der Waals surface area contributed by atoms with Crippen LogP contribution in [-0.4, -0.2) is 0 Å². The molecule has 0 amide bonds. The van der Waals surface area contributed by atoms with Crippen LogP contribution in [0.5, 0.6) is 0 Å². The summed E-state index contributed by atoms with van der Waals surface area (Å²) < 4.78 is 0. The number of benzene rings is 1. The summed E-state index contributed by atoms with van der Waals surface area (Å²) in [4.78, 5) is 0. The first-order valence-electron chi connectivity index (χ1n) is 4.99. The Bertz CT molecular complexity index is 263. The van der Waals surface area contributed by atoms with Crippen molar-refractivity contribution in [2.45, 2.75) is 38.5 Å². The molecule has 1 aromatic carbocycles. The smallest absolute Gasteiger partial charge is 0.0109 e. The first-order chi connectivity index (χ1) is 5.93. The maximum absolute atomic E-state index is 3.61. The highest BCUT2D eigenvalue weighted by molar-refractivity contribution is 5.41. The van der Waals surface area contributed by atoms with Gasteiger partial charge in [-0.1, -0.05) is 6.07 Å². The van der Waals surface area contributed by atoms with Gasteiger partial charge in [-0.25, -0.2) is 0 Å². The fourth-order valence-electron chi connectivity index (χ4n) is 2.53. The van der Waals surface area contributed by atoms with Gasteiger partial charge in [0.2, 0.25) is 0 Å². The van der Waals surface area contributed by atoms with Gasteiger partial charge in [0.1, 0.15) is 0 Å². The van der Waals surface area contributed by atoms with Crippen LogP contribution >= 0.6 is 0 Å². The molecule has 1 aromatic rings. The summed E-state index contributed by atoms with van der Waals surface area (Å²) >= 11 is 0. The Labute approximate surface area is 73.6 Å². The van der Waals surface area contributed by atoms with E-state index in [1.807, 2.05) is 0 Å². The van der Waals surface area contributed by atoms with Gasteiger partial charge in [0, 0.05) is 0 Å². The van der Waals surface area contributed by atoms with Gasteiger partial charge in [-0.2, -0.15) is 0 Å². The van der Waals surface area contributed by atoms with Crippen LogP contribution in [0.2, 0.25) is 0 Å². The van der Waals surface area contributed by atoms with E-state index in [0.717, 1.165) is 0 Å². The second kappa shape index (κ2) is 2.35. The molecule has 0 saturated carbocycles. The number of aryl methyl sites for hydroxylation is 4. The summed E-state index contributed by atoms with van der Waals surface area (Å²) in [5, 5.41) is 0. The van der Waals surface area contributed by atoms with E-state index in [1.165, 1.54) is 49.7 Å². The Morgan fingerprint density at radius 2 is 1.42 bits per heavy atom. The quantitative estimate of drug-likeness (QED) is 0.542. The van der Waals surface area contributed by atoms with Gasteiger partial charge in [0.05, 0.1) is 0 Å². The molecular weight excluding hydrogens is 144 g/mol. The molecule has 0 aromatic heterocycles. The second-order valence-corrected chi connectivity index (χ2v) is 3.98. The SMILES string of the molecule is [c]1c2c(cc3c1CCC3)CCC2. The number of hydrogen-bond acceptors (Lipinski definition) is 0. The molecule has 0 N–H and O–H groups in total. The average molecular weight is 157 g/mol. The highest BCUT2D eigenvalue weighted by Gasteiger charge is 2.17. The van der Waals surface area contributed by atoms with E-state index in [4.69, 9.17) is 0 Å². The molecule has 12 heavy (non-hydrogen) atoms. The van der Waals surface area contributed by atoms with Crippen LogP contribution in [-0.2, 0) is 25.7 Å². The fraction of sp³-hybridized carbons (Fsp3) is 0.500. The van der Waals surface area contributed by atoms with Gasteiger partial charge in [-0.15, -0.1) is 0 Å². The zero-order valence-electron chi connectivity index (χ0n) is 7.32. The molecule has 2 aliphatic rings. The molecule has 0 atom stereocenters. The lowest BCUT2D eigenvalue weighted by Crippen LogP contribution is -1.89. The molecule has 61 valence electrons. The average Bonchev–Trinajstić information content (AvgIpc) is 2.64. The Morgan fingerprint density at radius 1 is 0.833 bits per heavy atom. The zero-order valence-corrected chi connectivity index (χ0v) is 7.32. The van der Waals surface area contributed by atoms with Crippen molar-refractivity contribution < 1.29 is 0 Å². The summed E-state index contributed by atoms with van der Waals surface area (Å²) in [5.74, 6) is 0. The van der Waals surface area contributed by atoms with E-state index in [9.17, 15) is 0 Å². The molecular formula is C12H13. The topological polar surface area (TPSA) is 0 Å². The van der Waals surface area contributed by atoms with Gasteiger partial charge >= 0.3 is 0 Å². The summed E-state index contributed by atoms with van der Waals surface area (Å²) in [5.41, 5.74) is 6.23. The molecule has 0 aliphatic heterocycles. The number of fused-ring (bicyclic) bond motifs is 2. The molecule has 0 heteroatoms. The number of rotatable bonds is 0. The van der Waals surface area contributed by atoms with Crippen LogP contribution in [0, 0.1) is 6.07 Å². The van der Waals surface area contributed by atoms with E-state index in [0.29, 0.717) is 0 Å². The molecule has 0 saturated heterocycles. The normalized spacial score (nSPS) is 19.3. The van der Waals surface area contributed by atoms with Crippen LogP contribution in [0.3, 0.4) is 0 Å². The van der Waals surface area contributed by atoms with Crippen LogP contribution in [0.4, 0.5) is 0 Å². The zero-order chi connectivity index (χ0) is 7.97. The Morgan fingerprint density at radius 3 is 2.00 bits per heavy atom. The predicted octanol–water partition coefficient (Wildman–Crippen LogP) is 2.46. The summed E-state index contributed by atoms with van der Waals surface area (Å²) in [6.45, 7) is 0. The van der Waals surface area contributed by atoms with Gasteiger partial charge in [-0.05, 0) is 66.8 Å². The van der Waals surface area contributed by atoms with Gasteiger partial charge in [0.15, 0.2) is 0 Å². The molecule has 0 heterocycles. The Hall–Kier alpha value is -0.780. The minimum atomic E-state index is 1.28. The summed E-state index contributed by atoms with van der Waals surface area (Å²) in [6.07, 6.45) is 7.88. The second-order valence-electron chi connectivity index (χ2n) is 3.98. The molecule has 0 fully saturated rings. The third-order valence-electron chi connectivity index (χ3n) is 3.17. The molecule has 1 radical (unpaired) electrons. The van der Waals surface area contributed by atoms with Crippen LogP contribution in [0.25, 0.3) is 0 Å². The van der Waals surface area contributed by atoms with Crippen molar-refractivity contribution in [2.24, 2.45) is 0 Å². The Kier molecular flexibility index (Phi) is 1.31. The molecule has 0 spiro atoms. The largest absolute Gasteiger partial charge is 0.0552 e. The van der Waals surface area contributed by atoms with Crippen molar-refractivity contribution in [3.05, 3.63) is 34.4 Å². The van der Waals surface area contributed by atoms with E-state index in [-0.39, 0.29) is 0 Å². The minimum absolute atomic E-state index is 1.28. The van der Waals surface area contributed by atoms with Crippen molar-refractivity contribution in [3.63, 3.8) is 0 Å². The van der Waals surface area contributed by atoms with Gasteiger partial charge in [0.25, 0.3) is 0 Å². The van der Waals surface area contributed by atoms with Crippen molar-refractivity contribution in [1.82, 2.24) is 0 Å². The lowest BCUT2D eigenvalue weighted by atomic mass is 10.0. The number of hydrogen-bond donors (Lipinski definition) is 0. The van der Waals surface area contributed by atoms with E-state index in [1.54, 1.807) is 11.1 Å². The molecule has 0 bridgehead atoms. The highest BCUT2D eigenvalue weighted by Crippen LogP contribution is 2.29. The third kappa shape index (κ3) is 0.841. The summed E-state index contributed by atoms with van der Waals surface area (Å²) in [6, 6.07) is 6.05. The maximum Gasteiger partial charge on any atom is -0.0109 e. The van der Waals surface area contributed by atoms with E-state index >= 15 is 0 Å². The summed E-state index contributed by atoms with van der Waals surface area (Å²) in [7, 11) is 0. The van der Waals surface area contributed by atoms with Crippen molar-refractivity contribution in [1.29, 1.82) is 0 Å². The molecule has 2 aliphatic carbocycles. The molecule has 3 rings (SSSR count). The fourth-order valence-corrected chi connectivity index (χ4v) is 2.53. The maximum atomic E-state index is 3.61. The monoisotopic (exact) mass is 157 g/mol. The molecule has 0 unspecified atom stereocenters. The first kappa shape index (κ1) is 6.71. The van der Waals surface area contributed by atoms with Crippen molar-refractivity contribution in [3.8, 4) is 0 Å². The molecule has 0 nitrogen and oxygen atoms in total. The lowest BCUT2D eigenvalue weighted by molar-refractivity contribution is 0.896. The van der Waals surface area contributed by atoms with Gasteiger partial charge in [-0.3, -0.25) is 0 Å². The first-order valence-corrected chi connectivity index (χ1v) is 4.99. The van der Waals surface area contributed by atoms with E-state index < -0.39 is 0 Å². The van der Waals surface area contributed by atoms with Crippen LogP contribution in [0.15, 0.2) is 6.07 Å². The third-order valence-corrected chi connectivity index (χ3v) is 3.17. The van der Waals surface area contributed by atoms with E-state index in [2.05, 4.69) is 12.1 Å². The van der Waals surface area contributed by atoms with Crippen LogP contribution in [0.1, 0.15) is 35.1 Å². The van der Waals surface area contributed by atoms with Crippen molar-refractivity contribution >= 4 is 0 Å². The highest BCUT2D eigenvalue weighted by atomic mass is 14.2. The predicted molar refractivity (Wildman–Crippen MR) is 49.3 cm³/mol. The standard InChI is InChI=1S/C12H13/c1-3-9-7-11-5-2-6-12(11)8-10(9)4-1/h7H,1-6H2. The van der Waals surface area contributed by atoms with Crippen molar-refractivity contribution in [2.75, 3.05) is 0 Å². The Balaban J connectivity index is 2.18. The minimum Gasteiger partial charge on any atom is -0.0552 e.